The fourth-order valence-electron chi connectivity index (χ4n) is 5.38. The minimum Gasteiger partial charge on any atom is -0.377 e. The lowest BCUT2D eigenvalue weighted by Gasteiger charge is -2.34. The molecule has 0 radical (unpaired) electrons. The van der Waals surface area contributed by atoms with Crippen LogP contribution in [0.2, 0.25) is 0 Å². The van der Waals surface area contributed by atoms with Crippen molar-refractivity contribution in [1.82, 2.24) is 39.9 Å². The Labute approximate surface area is 202 Å². The number of hydrogen-bond acceptors (Lipinski definition) is 7. The number of aromatic nitrogens is 7. The zero-order valence-electron chi connectivity index (χ0n) is 20.2. The first-order valence-corrected chi connectivity index (χ1v) is 12.2. The molecule has 0 bridgehead atoms. The van der Waals surface area contributed by atoms with Crippen molar-refractivity contribution in [1.29, 1.82) is 0 Å². The van der Waals surface area contributed by atoms with Crippen molar-refractivity contribution in [3.63, 3.8) is 0 Å². The minimum absolute atomic E-state index is 0.192. The van der Waals surface area contributed by atoms with E-state index in [1.54, 1.807) is 6.20 Å². The first kappa shape index (κ1) is 22.2. The predicted molar refractivity (Wildman–Crippen MR) is 130 cm³/mol. The molecule has 11 heteroatoms. The minimum atomic E-state index is -0.978. The Morgan fingerprint density at radius 3 is 2.91 bits per heavy atom. The van der Waals surface area contributed by atoms with E-state index in [9.17, 15) is 4.39 Å². The van der Waals surface area contributed by atoms with Crippen LogP contribution in [0.25, 0.3) is 28.2 Å². The molecule has 2 aliphatic heterocycles. The SMILES string of the molecule is Cc1nn(C2CCNC[C@H]2F)c(C)c1-c1cc(N2CCOC[C@H]2C)nc2c(-c3ccn[nH]3)cnn12. The molecular formula is C24H30FN9O. The van der Waals surface area contributed by atoms with E-state index in [1.807, 2.05) is 35.3 Å². The van der Waals surface area contributed by atoms with Gasteiger partial charge in [-0.3, -0.25) is 9.78 Å². The van der Waals surface area contributed by atoms with Crippen molar-refractivity contribution >= 4 is 11.5 Å². The van der Waals surface area contributed by atoms with Crippen molar-refractivity contribution < 1.29 is 9.13 Å². The Bertz CT molecular complexity index is 1340. The highest BCUT2D eigenvalue weighted by Crippen LogP contribution is 2.35. The van der Waals surface area contributed by atoms with Gasteiger partial charge in [0.1, 0.15) is 12.0 Å². The Morgan fingerprint density at radius 2 is 2.14 bits per heavy atom. The molecule has 0 aromatic carbocycles. The van der Waals surface area contributed by atoms with Crippen molar-refractivity contribution in [3.05, 3.63) is 35.9 Å². The van der Waals surface area contributed by atoms with Crippen LogP contribution in [0.3, 0.4) is 0 Å². The Hall–Kier alpha value is -3.31. The molecule has 0 amide bonds. The summed E-state index contributed by atoms with van der Waals surface area (Å²) in [5.74, 6) is 0.862. The van der Waals surface area contributed by atoms with Gasteiger partial charge in [-0.25, -0.2) is 13.9 Å². The van der Waals surface area contributed by atoms with Crippen molar-refractivity contribution in [2.24, 2.45) is 0 Å². The van der Waals surface area contributed by atoms with E-state index in [-0.39, 0.29) is 12.1 Å². The van der Waals surface area contributed by atoms with Crippen LogP contribution in [-0.2, 0) is 4.74 Å². The van der Waals surface area contributed by atoms with E-state index >= 15 is 0 Å². The predicted octanol–water partition coefficient (Wildman–Crippen LogP) is 2.70. The number of aryl methyl sites for hydroxylation is 1. The number of alkyl halides is 1. The van der Waals surface area contributed by atoms with E-state index in [1.165, 1.54) is 0 Å². The number of hydrogen-bond donors (Lipinski definition) is 2. The Morgan fingerprint density at radius 1 is 1.26 bits per heavy atom. The third-order valence-corrected chi connectivity index (χ3v) is 7.18. The van der Waals surface area contributed by atoms with Crippen LogP contribution in [0, 0.1) is 13.8 Å². The standard InChI is InChI=1S/C24H30FN9O/c1-14-13-35-9-8-32(14)22-10-21(34-24(29-22)17(11-28-34)19-4-7-27-30-19)23-15(2)31-33(16(23)3)20-5-6-26-12-18(20)25/h4,7,10-11,14,18,20,26H,5-6,8-9,12-13H2,1-3H3,(H,27,30)/t14-,18-,20?/m1/s1. The van der Waals surface area contributed by atoms with Crippen LogP contribution in [0.1, 0.15) is 30.8 Å². The second kappa shape index (κ2) is 8.72. The fourth-order valence-corrected chi connectivity index (χ4v) is 5.38. The molecule has 6 heterocycles. The van der Waals surface area contributed by atoms with Crippen molar-refractivity contribution in [3.8, 4) is 22.5 Å². The van der Waals surface area contributed by atoms with Gasteiger partial charge in [-0.1, -0.05) is 0 Å². The van der Waals surface area contributed by atoms with Gasteiger partial charge in [0, 0.05) is 36.6 Å². The lowest BCUT2D eigenvalue weighted by atomic mass is 10.0. The smallest absolute Gasteiger partial charge is 0.167 e. The van der Waals surface area contributed by atoms with Gasteiger partial charge >= 0.3 is 0 Å². The fraction of sp³-hybridized carbons (Fsp3) is 0.500. The average Bonchev–Trinajstić information content (AvgIpc) is 3.58. The molecule has 4 aromatic heterocycles. The molecule has 2 fully saturated rings. The summed E-state index contributed by atoms with van der Waals surface area (Å²) >= 11 is 0. The quantitative estimate of drug-likeness (QED) is 0.464. The molecule has 2 saturated heterocycles. The first-order chi connectivity index (χ1) is 17.0. The first-order valence-electron chi connectivity index (χ1n) is 12.2. The average molecular weight is 480 g/mol. The molecular weight excluding hydrogens is 449 g/mol. The number of fused-ring (bicyclic) bond motifs is 1. The number of halogens is 1. The van der Waals surface area contributed by atoms with E-state index in [0.717, 1.165) is 58.5 Å². The van der Waals surface area contributed by atoms with Gasteiger partial charge in [-0.2, -0.15) is 15.3 Å². The number of ether oxygens (including phenoxy) is 1. The second-order valence-corrected chi connectivity index (χ2v) is 9.45. The molecule has 4 aromatic rings. The molecule has 2 aliphatic rings. The third-order valence-electron chi connectivity index (χ3n) is 7.18. The van der Waals surface area contributed by atoms with E-state index in [0.29, 0.717) is 26.2 Å². The lowest BCUT2D eigenvalue weighted by Crippen LogP contribution is -2.44. The maximum Gasteiger partial charge on any atom is 0.167 e. The molecule has 0 spiro atoms. The summed E-state index contributed by atoms with van der Waals surface area (Å²) in [5.41, 5.74) is 6.09. The zero-order chi connectivity index (χ0) is 24.1. The van der Waals surface area contributed by atoms with Gasteiger partial charge in [0.2, 0.25) is 0 Å². The van der Waals surface area contributed by atoms with Crippen molar-refractivity contribution in [2.45, 2.75) is 45.4 Å². The number of nitrogens with zero attached hydrogens (tertiary/aromatic N) is 7. The van der Waals surface area contributed by atoms with Gasteiger partial charge in [0.25, 0.3) is 0 Å². The summed E-state index contributed by atoms with van der Waals surface area (Å²) in [5, 5.41) is 19.8. The number of H-pyrrole nitrogens is 1. The highest BCUT2D eigenvalue weighted by molar-refractivity contribution is 5.80. The second-order valence-electron chi connectivity index (χ2n) is 9.45. The normalized spacial score (nSPS) is 23.3. The highest BCUT2D eigenvalue weighted by Gasteiger charge is 2.31. The number of piperidine rings is 1. The molecule has 3 atom stereocenters. The number of rotatable bonds is 4. The summed E-state index contributed by atoms with van der Waals surface area (Å²) in [4.78, 5) is 7.32. The van der Waals surface area contributed by atoms with Gasteiger partial charge in [0.05, 0.1) is 54.1 Å². The van der Waals surface area contributed by atoms with Crippen LogP contribution >= 0.6 is 0 Å². The van der Waals surface area contributed by atoms with E-state index in [4.69, 9.17) is 19.9 Å². The number of morpholine rings is 1. The molecule has 2 N–H and O–H groups in total. The largest absolute Gasteiger partial charge is 0.377 e. The van der Waals surface area contributed by atoms with E-state index in [2.05, 4.69) is 33.4 Å². The number of aromatic amines is 1. The Balaban J connectivity index is 1.55. The Kier molecular flexibility index (Phi) is 5.53. The van der Waals surface area contributed by atoms with Gasteiger partial charge in [0.15, 0.2) is 5.65 Å². The number of anilines is 1. The maximum absolute atomic E-state index is 14.8. The molecule has 0 aliphatic carbocycles. The lowest BCUT2D eigenvalue weighted by molar-refractivity contribution is 0.0985. The molecule has 184 valence electrons. The highest BCUT2D eigenvalue weighted by atomic mass is 19.1. The molecule has 1 unspecified atom stereocenters. The maximum atomic E-state index is 14.8. The molecule has 0 saturated carbocycles. The third kappa shape index (κ3) is 3.69. The molecule has 10 nitrogen and oxygen atoms in total. The number of nitrogens with one attached hydrogen (secondary N) is 2. The molecule has 35 heavy (non-hydrogen) atoms. The summed E-state index contributed by atoms with van der Waals surface area (Å²) in [7, 11) is 0. The zero-order valence-corrected chi connectivity index (χ0v) is 20.2. The van der Waals surface area contributed by atoms with Crippen LogP contribution in [0.15, 0.2) is 24.5 Å². The summed E-state index contributed by atoms with van der Waals surface area (Å²) in [6, 6.07) is 3.90. The van der Waals surface area contributed by atoms with Gasteiger partial charge in [-0.15, -0.1) is 0 Å². The van der Waals surface area contributed by atoms with Crippen LogP contribution in [0.5, 0.6) is 0 Å². The van der Waals surface area contributed by atoms with Gasteiger partial charge < -0.3 is 15.0 Å². The summed E-state index contributed by atoms with van der Waals surface area (Å²) in [6.07, 6.45) is 3.26. The topological polar surface area (TPSA) is 101 Å². The van der Waals surface area contributed by atoms with Crippen LogP contribution < -0.4 is 10.2 Å². The molecule has 6 rings (SSSR count). The van der Waals surface area contributed by atoms with E-state index < -0.39 is 6.17 Å². The van der Waals surface area contributed by atoms with Gasteiger partial charge in [-0.05, 0) is 39.8 Å². The van der Waals surface area contributed by atoms with Crippen LogP contribution in [-0.4, -0.2) is 79.6 Å². The summed E-state index contributed by atoms with van der Waals surface area (Å²) < 4.78 is 24.2. The summed E-state index contributed by atoms with van der Waals surface area (Å²) in [6.45, 7) is 9.34. The van der Waals surface area contributed by atoms with Crippen LogP contribution in [0.4, 0.5) is 10.2 Å². The monoisotopic (exact) mass is 479 g/mol. The van der Waals surface area contributed by atoms with Crippen molar-refractivity contribution in [2.75, 3.05) is 37.7 Å².